The number of carbonyl (C=O) groups is 1. The Morgan fingerprint density at radius 3 is 2.86 bits per heavy atom. The molecule has 1 amide bonds. The fraction of sp³-hybridized carbons (Fsp3) is 0.438. The predicted molar refractivity (Wildman–Crippen MR) is 87.4 cm³/mol. The molecule has 0 saturated heterocycles. The molecule has 0 saturated carbocycles. The summed E-state index contributed by atoms with van der Waals surface area (Å²) in [5.41, 5.74) is 1.09. The maximum absolute atomic E-state index is 12.0. The van der Waals surface area contributed by atoms with Crippen LogP contribution in [-0.4, -0.2) is 36.4 Å². The Kier molecular flexibility index (Phi) is 6.64. The van der Waals surface area contributed by atoms with E-state index in [0.29, 0.717) is 26.4 Å². The average Bonchev–Trinajstić information content (AvgIpc) is 3.19. The van der Waals surface area contributed by atoms with Crippen LogP contribution < -0.4 is 5.32 Å². The predicted octanol–water partition coefficient (Wildman–Crippen LogP) is 2.60. The third kappa shape index (κ3) is 4.69. The van der Waals surface area contributed by atoms with Gasteiger partial charge >= 0.3 is 0 Å². The van der Waals surface area contributed by atoms with Gasteiger partial charge in [-0.1, -0.05) is 0 Å². The lowest BCUT2D eigenvalue weighted by Crippen LogP contribution is -2.34. The topological polar surface area (TPSA) is 52.5 Å². The zero-order valence-corrected chi connectivity index (χ0v) is 13.8. The highest BCUT2D eigenvalue weighted by Crippen LogP contribution is 2.21. The highest BCUT2D eigenvalue weighted by atomic mass is 32.1. The second-order valence-corrected chi connectivity index (χ2v) is 5.66. The summed E-state index contributed by atoms with van der Waals surface area (Å²) in [6.07, 6.45) is 3.52. The summed E-state index contributed by atoms with van der Waals surface area (Å²) >= 11 is 1.65. The van der Waals surface area contributed by atoms with E-state index in [1.807, 2.05) is 47.5 Å². The van der Waals surface area contributed by atoms with E-state index in [1.54, 1.807) is 18.3 Å². The molecule has 0 aliphatic rings. The molecule has 1 N–H and O–H groups in total. The van der Waals surface area contributed by atoms with Crippen LogP contribution in [0, 0.1) is 0 Å². The Morgan fingerprint density at radius 1 is 1.36 bits per heavy atom. The number of amides is 1. The lowest BCUT2D eigenvalue weighted by molar-refractivity contribution is -0.132. The van der Waals surface area contributed by atoms with Crippen LogP contribution in [-0.2, 0) is 20.8 Å². The van der Waals surface area contributed by atoms with E-state index in [0.717, 1.165) is 10.6 Å². The number of hydrogen-bond donors (Lipinski definition) is 1. The lowest BCUT2D eigenvalue weighted by atomic mass is 10.3. The molecule has 22 heavy (non-hydrogen) atoms. The molecule has 0 bridgehead atoms. The van der Waals surface area contributed by atoms with Gasteiger partial charge in [0.25, 0.3) is 0 Å². The van der Waals surface area contributed by atoms with Crippen molar-refractivity contribution in [2.45, 2.75) is 26.5 Å². The number of nitrogens with zero attached hydrogens (tertiary/aromatic N) is 1. The molecule has 120 valence electrons. The second-order valence-electron chi connectivity index (χ2n) is 4.77. The summed E-state index contributed by atoms with van der Waals surface area (Å²) in [5, 5.41) is 6.06. The Morgan fingerprint density at radius 2 is 2.14 bits per heavy atom. The minimum absolute atomic E-state index is 0.110. The molecule has 0 radical (unpaired) electrons. The smallest absolute Gasteiger partial charge is 0.249 e. The molecular formula is C16H22N2O3S. The minimum atomic E-state index is -0.478. The Labute approximate surface area is 134 Å². The van der Waals surface area contributed by atoms with Crippen molar-refractivity contribution in [2.75, 3.05) is 19.8 Å². The molecule has 2 rings (SSSR count). The van der Waals surface area contributed by atoms with E-state index in [-0.39, 0.29) is 5.91 Å². The molecule has 0 aliphatic carbocycles. The second kappa shape index (κ2) is 8.73. The molecule has 2 aromatic heterocycles. The van der Waals surface area contributed by atoms with Crippen molar-refractivity contribution < 1.29 is 14.3 Å². The van der Waals surface area contributed by atoms with Crippen LogP contribution in [0.1, 0.15) is 19.4 Å². The fourth-order valence-electron chi connectivity index (χ4n) is 1.99. The van der Waals surface area contributed by atoms with Crippen LogP contribution in [0.3, 0.4) is 0 Å². The zero-order chi connectivity index (χ0) is 15.8. The van der Waals surface area contributed by atoms with Gasteiger partial charge in [0.1, 0.15) is 11.1 Å². The van der Waals surface area contributed by atoms with Gasteiger partial charge in [-0.05, 0) is 37.4 Å². The number of rotatable bonds is 9. The monoisotopic (exact) mass is 322 g/mol. The van der Waals surface area contributed by atoms with Crippen LogP contribution in [0.4, 0.5) is 0 Å². The fourth-order valence-corrected chi connectivity index (χ4v) is 2.88. The van der Waals surface area contributed by atoms with Crippen molar-refractivity contribution in [1.29, 1.82) is 0 Å². The molecule has 1 atom stereocenters. The van der Waals surface area contributed by atoms with Crippen LogP contribution in [0.25, 0.3) is 5.00 Å². The first kappa shape index (κ1) is 16.7. The number of aromatic nitrogens is 1. The van der Waals surface area contributed by atoms with Gasteiger partial charge < -0.3 is 19.4 Å². The van der Waals surface area contributed by atoms with Gasteiger partial charge in [-0.2, -0.15) is 0 Å². The first-order valence-corrected chi connectivity index (χ1v) is 8.27. The molecule has 2 aromatic rings. The molecule has 0 unspecified atom stereocenters. The maximum Gasteiger partial charge on any atom is 0.249 e. The molecule has 0 aromatic carbocycles. The summed E-state index contributed by atoms with van der Waals surface area (Å²) in [5.74, 6) is -0.110. The lowest BCUT2D eigenvalue weighted by Gasteiger charge is -2.13. The third-order valence-corrected chi connectivity index (χ3v) is 4.15. The van der Waals surface area contributed by atoms with Crippen LogP contribution >= 0.6 is 11.3 Å². The van der Waals surface area contributed by atoms with E-state index in [9.17, 15) is 4.79 Å². The number of thiophene rings is 1. The van der Waals surface area contributed by atoms with Gasteiger partial charge in [-0.25, -0.2) is 0 Å². The number of ether oxygens (including phenoxy) is 2. The summed E-state index contributed by atoms with van der Waals surface area (Å²) in [6.45, 7) is 5.77. The van der Waals surface area contributed by atoms with Crippen LogP contribution in [0.5, 0.6) is 0 Å². The Balaban J connectivity index is 1.80. The van der Waals surface area contributed by atoms with E-state index in [1.165, 1.54) is 0 Å². The van der Waals surface area contributed by atoms with Crippen molar-refractivity contribution in [3.63, 3.8) is 0 Å². The first-order chi connectivity index (χ1) is 10.7. The summed E-state index contributed by atoms with van der Waals surface area (Å²) in [7, 11) is 0. The van der Waals surface area contributed by atoms with E-state index >= 15 is 0 Å². The molecule has 0 spiro atoms. The van der Waals surface area contributed by atoms with Crippen molar-refractivity contribution in [1.82, 2.24) is 9.88 Å². The summed E-state index contributed by atoms with van der Waals surface area (Å²) in [4.78, 5) is 12.0. The van der Waals surface area contributed by atoms with Gasteiger partial charge in [0.2, 0.25) is 5.91 Å². The Bertz CT molecular complexity index is 566. The minimum Gasteiger partial charge on any atom is -0.379 e. The van der Waals surface area contributed by atoms with Gasteiger partial charge in [-0.3, -0.25) is 4.79 Å². The van der Waals surface area contributed by atoms with Crippen molar-refractivity contribution in [2.24, 2.45) is 0 Å². The molecule has 0 fully saturated rings. The SMILES string of the molecule is CCOCCO[C@H](C)C(=O)NCc1ccsc1-n1cccc1. The van der Waals surface area contributed by atoms with Gasteiger partial charge in [0, 0.05) is 31.1 Å². The van der Waals surface area contributed by atoms with Crippen LogP contribution in [0.2, 0.25) is 0 Å². The first-order valence-electron chi connectivity index (χ1n) is 7.39. The summed E-state index contributed by atoms with van der Waals surface area (Å²) in [6, 6.07) is 5.99. The van der Waals surface area contributed by atoms with Crippen molar-refractivity contribution in [3.8, 4) is 5.00 Å². The maximum atomic E-state index is 12.0. The quantitative estimate of drug-likeness (QED) is 0.722. The van der Waals surface area contributed by atoms with Crippen molar-refractivity contribution in [3.05, 3.63) is 41.5 Å². The molecule has 5 nitrogen and oxygen atoms in total. The number of hydrogen-bond acceptors (Lipinski definition) is 4. The standard InChI is InChI=1S/C16H22N2O3S/c1-3-20-9-10-21-13(2)15(19)17-12-14-6-11-22-16(14)18-7-4-5-8-18/h4-8,11,13H,3,9-10,12H2,1-2H3,(H,17,19)/t13-/m1/s1. The molecule has 2 heterocycles. The molecular weight excluding hydrogens is 300 g/mol. The van der Waals surface area contributed by atoms with E-state index in [4.69, 9.17) is 9.47 Å². The van der Waals surface area contributed by atoms with Gasteiger partial charge in [0.15, 0.2) is 0 Å². The summed E-state index contributed by atoms with van der Waals surface area (Å²) < 4.78 is 12.7. The Hall–Kier alpha value is -1.63. The van der Waals surface area contributed by atoms with Crippen molar-refractivity contribution >= 4 is 17.2 Å². The largest absolute Gasteiger partial charge is 0.379 e. The van der Waals surface area contributed by atoms with Crippen LogP contribution in [0.15, 0.2) is 36.0 Å². The highest BCUT2D eigenvalue weighted by Gasteiger charge is 2.14. The zero-order valence-electron chi connectivity index (χ0n) is 13.0. The van der Waals surface area contributed by atoms with E-state index in [2.05, 4.69) is 5.32 Å². The normalized spacial score (nSPS) is 12.3. The molecule has 0 aliphatic heterocycles. The van der Waals surface area contributed by atoms with E-state index < -0.39 is 6.10 Å². The highest BCUT2D eigenvalue weighted by molar-refractivity contribution is 7.12. The number of carbonyl (C=O) groups excluding carboxylic acids is 1. The van der Waals surface area contributed by atoms with Gasteiger partial charge in [0.05, 0.1) is 13.2 Å². The number of nitrogens with one attached hydrogen (secondary N) is 1. The van der Waals surface area contributed by atoms with Gasteiger partial charge in [-0.15, -0.1) is 11.3 Å². The molecule has 6 heteroatoms. The third-order valence-electron chi connectivity index (χ3n) is 3.18. The average molecular weight is 322 g/mol.